The third-order valence-corrected chi connectivity index (χ3v) is 6.43. The van der Waals surface area contributed by atoms with Crippen LogP contribution in [-0.2, 0) is 4.79 Å². The molecule has 2 aliphatic rings. The van der Waals surface area contributed by atoms with Crippen LogP contribution in [-0.4, -0.2) is 60.4 Å². The van der Waals surface area contributed by atoms with Gasteiger partial charge in [0.15, 0.2) is 0 Å². The van der Waals surface area contributed by atoms with Crippen LogP contribution in [0.15, 0.2) is 11.4 Å². The van der Waals surface area contributed by atoms with Crippen LogP contribution < -0.4 is 5.32 Å². The van der Waals surface area contributed by atoms with Crippen molar-refractivity contribution >= 4 is 23.2 Å². The van der Waals surface area contributed by atoms with Gasteiger partial charge in [-0.05, 0) is 31.9 Å². The first-order valence-corrected chi connectivity index (χ1v) is 9.19. The first-order valence-electron chi connectivity index (χ1n) is 8.31. The van der Waals surface area contributed by atoms with Crippen LogP contribution in [0.5, 0.6) is 0 Å². The van der Waals surface area contributed by atoms with E-state index in [9.17, 15) is 9.59 Å². The second-order valence-electron chi connectivity index (χ2n) is 6.89. The molecule has 1 N–H and O–H groups in total. The predicted molar refractivity (Wildman–Crippen MR) is 91.9 cm³/mol. The van der Waals surface area contributed by atoms with Gasteiger partial charge < -0.3 is 10.2 Å². The summed E-state index contributed by atoms with van der Waals surface area (Å²) in [5, 5.41) is 4.94. The number of piperazine rings is 1. The predicted octanol–water partition coefficient (Wildman–Crippen LogP) is 1.91. The Hall–Kier alpha value is -1.40. The van der Waals surface area contributed by atoms with Crippen molar-refractivity contribution in [2.24, 2.45) is 0 Å². The molecule has 0 aliphatic carbocycles. The molecule has 2 aliphatic heterocycles. The number of nitrogens with one attached hydrogen (secondary N) is 1. The molecule has 1 aromatic heterocycles. The minimum atomic E-state index is -0.424. The van der Waals surface area contributed by atoms with Gasteiger partial charge in [0.1, 0.15) is 5.54 Å². The number of hydrogen-bond acceptors (Lipinski definition) is 4. The number of thiophene rings is 1. The van der Waals surface area contributed by atoms with Crippen LogP contribution >= 0.6 is 11.3 Å². The zero-order chi connectivity index (χ0) is 16.6. The number of rotatable bonds is 2. The van der Waals surface area contributed by atoms with Gasteiger partial charge in [0.2, 0.25) is 5.91 Å². The van der Waals surface area contributed by atoms with Gasteiger partial charge in [-0.2, -0.15) is 0 Å². The lowest BCUT2D eigenvalue weighted by Crippen LogP contribution is -2.67. The highest BCUT2D eigenvalue weighted by molar-refractivity contribution is 7.10. The number of amides is 2. The highest BCUT2D eigenvalue weighted by Gasteiger charge is 2.47. The molecule has 0 bridgehead atoms. The number of hydrogen-bond donors (Lipinski definition) is 1. The molecule has 5 nitrogen and oxygen atoms in total. The number of carbonyl (C=O) groups is 2. The third kappa shape index (κ3) is 2.90. The van der Waals surface area contributed by atoms with Crippen LogP contribution in [0.1, 0.15) is 47.8 Å². The van der Waals surface area contributed by atoms with E-state index in [1.54, 1.807) is 11.3 Å². The van der Waals surface area contributed by atoms with E-state index in [0.29, 0.717) is 38.4 Å². The highest BCUT2D eigenvalue weighted by Crippen LogP contribution is 2.31. The van der Waals surface area contributed by atoms with Crippen molar-refractivity contribution in [3.63, 3.8) is 0 Å². The van der Waals surface area contributed by atoms with Crippen LogP contribution in [0.4, 0.5) is 0 Å². The minimum absolute atomic E-state index is 0.0990. The van der Waals surface area contributed by atoms with Crippen LogP contribution in [0, 0.1) is 0 Å². The van der Waals surface area contributed by atoms with Gasteiger partial charge in [0, 0.05) is 36.4 Å². The van der Waals surface area contributed by atoms with E-state index >= 15 is 0 Å². The summed E-state index contributed by atoms with van der Waals surface area (Å²) in [7, 11) is 2.02. The summed E-state index contributed by atoms with van der Waals surface area (Å²) in [6, 6.07) is 2.02. The maximum absolute atomic E-state index is 12.7. The largest absolute Gasteiger partial charge is 0.353 e. The summed E-state index contributed by atoms with van der Waals surface area (Å²) >= 11 is 1.65. The molecule has 0 radical (unpaired) electrons. The van der Waals surface area contributed by atoms with Crippen molar-refractivity contribution in [2.45, 2.75) is 38.1 Å². The number of piperidine rings is 1. The molecule has 1 spiro atoms. The molecule has 2 fully saturated rings. The molecular weight excluding hydrogens is 310 g/mol. The highest BCUT2D eigenvalue weighted by atomic mass is 32.1. The van der Waals surface area contributed by atoms with Crippen LogP contribution in [0.3, 0.4) is 0 Å². The van der Waals surface area contributed by atoms with Crippen molar-refractivity contribution < 1.29 is 9.59 Å². The summed E-state index contributed by atoms with van der Waals surface area (Å²) < 4.78 is 0. The Labute approximate surface area is 141 Å². The Morgan fingerprint density at radius 2 is 2.00 bits per heavy atom. The fraction of sp³-hybridized carbons (Fsp3) is 0.647. The molecule has 126 valence electrons. The zero-order valence-electron chi connectivity index (χ0n) is 14.1. The number of carbonyl (C=O) groups excluding carboxylic acids is 2. The normalized spacial score (nSPS) is 21.7. The van der Waals surface area contributed by atoms with Crippen molar-refractivity contribution in [2.75, 3.05) is 33.2 Å². The molecule has 0 atom stereocenters. The zero-order valence-corrected chi connectivity index (χ0v) is 14.9. The van der Waals surface area contributed by atoms with E-state index in [-0.39, 0.29) is 11.8 Å². The average molecular weight is 335 g/mol. The van der Waals surface area contributed by atoms with Crippen molar-refractivity contribution in [1.29, 1.82) is 0 Å². The molecule has 2 saturated heterocycles. The molecule has 23 heavy (non-hydrogen) atoms. The van der Waals surface area contributed by atoms with Crippen LogP contribution in [0.25, 0.3) is 0 Å². The molecular formula is C17H25N3O2S. The van der Waals surface area contributed by atoms with Crippen molar-refractivity contribution in [3.8, 4) is 0 Å². The molecule has 3 heterocycles. The lowest BCUT2D eigenvalue weighted by molar-refractivity contribution is -0.139. The fourth-order valence-electron chi connectivity index (χ4n) is 3.53. The number of likely N-dealkylation sites (tertiary alicyclic amines) is 1. The van der Waals surface area contributed by atoms with E-state index in [0.717, 1.165) is 12.1 Å². The SMILES string of the molecule is CC(C)c1cc(C(=O)N2CCC3(CC2)C(=O)NCCN3C)cs1. The van der Waals surface area contributed by atoms with E-state index in [4.69, 9.17) is 0 Å². The van der Waals surface area contributed by atoms with Gasteiger partial charge in [0.25, 0.3) is 5.91 Å². The fourth-order valence-corrected chi connectivity index (χ4v) is 4.43. The monoisotopic (exact) mass is 335 g/mol. The standard InChI is InChI=1S/C17H25N3O2S/c1-12(2)14-10-13(11-23-14)15(21)20-7-4-17(5-8-20)16(22)18-6-9-19(17)3/h10-12H,4-9H2,1-3H3,(H,18,22). The van der Waals surface area contributed by atoms with Crippen molar-refractivity contribution in [3.05, 3.63) is 21.9 Å². The second-order valence-corrected chi connectivity index (χ2v) is 7.84. The third-order valence-electron chi connectivity index (χ3n) is 5.20. The maximum Gasteiger partial charge on any atom is 0.254 e. The lowest BCUT2D eigenvalue weighted by atomic mass is 9.83. The molecule has 1 aromatic rings. The number of likely N-dealkylation sites (N-methyl/N-ethyl adjacent to an activating group) is 1. The number of nitrogens with zero attached hydrogens (tertiary/aromatic N) is 2. The first kappa shape index (κ1) is 16.5. The Kier molecular flexibility index (Phi) is 4.47. The molecule has 3 rings (SSSR count). The molecule has 0 aromatic carbocycles. The Bertz CT molecular complexity index is 603. The summed E-state index contributed by atoms with van der Waals surface area (Å²) in [6.07, 6.45) is 1.42. The second kappa shape index (κ2) is 6.24. The Morgan fingerprint density at radius 1 is 1.30 bits per heavy atom. The van der Waals surface area contributed by atoms with Gasteiger partial charge in [-0.15, -0.1) is 11.3 Å². The van der Waals surface area contributed by atoms with E-state index in [2.05, 4.69) is 24.1 Å². The summed E-state index contributed by atoms with van der Waals surface area (Å²) in [5.74, 6) is 0.670. The van der Waals surface area contributed by atoms with Gasteiger partial charge in [-0.3, -0.25) is 14.5 Å². The Balaban J connectivity index is 1.68. The average Bonchev–Trinajstić information content (AvgIpc) is 3.03. The maximum atomic E-state index is 12.7. The van der Waals surface area contributed by atoms with Crippen LogP contribution in [0.2, 0.25) is 0 Å². The summed E-state index contributed by atoms with van der Waals surface area (Å²) in [5.41, 5.74) is 0.364. The van der Waals surface area contributed by atoms with Gasteiger partial charge in [-0.1, -0.05) is 13.8 Å². The molecule has 0 saturated carbocycles. The minimum Gasteiger partial charge on any atom is -0.353 e. The van der Waals surface area contributed by atoms with Gasteiger partial charge >= 0.3 is 0 Å². The Morgan fingerprint density at radius 3 is 2.57 bits per heavy atom. The van der Waals surface area contributed by atoms with E-state index in [1.807, 2.05) is 23.4 Å². The molecule has 0 unspecified atom stereocenters. The quantitative estimate of drug-likeness (QED) is 0.898. The summed E-state index contributed by atoms with van der Waals surface area (Å²) in [4.78, 5) is 30.3. The molecule has 2 amide bonds. The topological polar surface area (TPSA) is 52.7 Å². The lowest BCUT2D eigenvalue weighted by Gasteiger charge is -2.48. The van der Waals surface area contributed by atoms with Gasteiger partial charge in [-0.25, -0.2) is 0 Å². The first-order chi connectivity index (χ1) is 10.9. The summed E-state index contributed by atoms with van der Waals surface area (Å²) in [6.45, 7) is 7.16. The smallest absolute Gasteiger partial charge is 0.254 e. The van der Waals surface area contributed by atoms with E-state index < -0.39 is 5.54 Å². The van der Waals surface area contributed by atoms with Gasteiger partial charge in [0.05, 0.1) is 5.56 Å². The molecule has 6 heteroatoms. The van der Waals surface area contributed by atoms with E-state index in [1.165, 1.54) is 4.88 Å². The van der Waals surface area contributed by atoms with Crippen molar-refractivity contribution in [1.82, 2.24) is 15.1 Å².